The minimum absolute atomic E-state index is 0.0504. The zero-order chi connectivity index (χ0) is 17.4. The van der Waals surface area contributed by atoms with Crippen LogP contribution in [0.2, 0.25) is 0 Å². The summed E-state index contributed by atoms with van der Waals surface area (Å²) in [7, 11) is -1.54. The van der Waals surface area contributed by atoms with Crippen molar-refractivity contribution < 1.29 is 32.8 Å². The van der Waals surface area contributed by atoms with Crippen LogP contribution in [0.4, 0.5) is 0 Å². The second kappa shape index (κ2) is 8.88. The second-order valence-electron chi connectivity index (χ2n) is 4.68. The highest BCUT2D eigenvalue weighted by molar-refractivity contribution is 7.84. The summed E-state index contributed by atoms with van der Waals surface area (Å²) in [5, 5.41) is 8.72. The highest BCUT2D eigenvalue weighted by Gasteiger charge is 2.14. The van der Waals surface area contributed by atoms with Crippen LogP contribution in [0.1, 0.15) is 16.3 Å². The number of carboxylic acids is 1. The molecule has 0 spiro atoms. The molecule has 0 radical (unpaired) electrons. The van der Waals surface area contributed by atoms with Crippen LogP contribution in [0, 0.1) is 0 Å². The highest BCUT2D eigenvalue weighted by Crippen LogP contribution is 2.10. The largest absolute Gasteiger partial charge is 0.490 e. The van der Waals surface area contributed by atoms with Gasteiger partial charge in [0, 0.05) is 10.8 Å². The third-order valence-electron chi connectivity index (χ3n) is 2.81. The number of benzene rings is 1. The Labute approximate surface area is 140 Å². The van der Waals surface area contributed by atoms with E-state index in [0.717, 1.165) is 0 Å². The van der Waals surface area contributed by atoms with E-state index in [4.69, 9.17) is 19.0 Å². The number of esters is 1. The Kier molecular flexibility index (Phi) is 6.56. The fraction of sp³-hybridized carbons (Fsp3) is 0.250. The zero-order valence-corrected chi connectivity index (χ0v) is 13.5. The molecule has 8 heteroatoms. The fourth-order valence-electron chi connectivity index (χ4n) is 1.78. The topological polar surface area (TPSA) is 103 Å². The maximum Gasteiger partial charge on any atom is 0.371 e. The van der Waals surface area contributed by atoms with Crippen LogP contribution in [0.5, 0.6) is 5.75 Å². The standard InChI is InChI=1S/C16H16O7S/c17-15(22-9-8-21-12-4-2-1-3-5-12)11-24(20)10-13-6-7-14(23-13)16(18)19/h1-7H,8-11H2,(H,18,19). The Bertz CT molecular complexity index is 708. The molecule has 128 valence electrons. The molecule has 0 saturated heterocycles. The number of carbonyl (C=O) groups excluding carboxylic acids is 1. The molecular formula is C16H16O7S. The van der Waals surface area contributed by atoms with Gasteiger partial charge in [0.2, 0.25) is 5.76 Å². The molecule has 0 fully saturated rings. The second-order valence-corrected chi connectivity index (χ2v) is 6.14. The molecular weight excluding hydrogens is 336 g/mol. The minimum Gasteiger partial charge on any atom is -0.490 e. The van der Waals surface area contributed by atoms with E-state index in [-0.39, 0.29) is 36.2 Å². The van der Waals surface area contributed by atoms with E-state index in [1.54, 1.807) is 12.1 Å². The summed E-state index contributed by atoms with van der Waals surface area (Å²) in [4.78, 5) is 22.2. The van der Waals surface area contributed by atoms with E-state index in [1.807, 2.05) is 18.2 Å². The molecule has 1 aromatic carbocycles. The molecule has 2 rings (SSSR count). The van der Waals surface area contributed by atoms with E-state index >= 15 is 0 Å². The van der Waals surface area contributed by atoms with Crippen molar-refractivity contribution in [3.05, 3.63) is 54.0 Å². The van der Waals surface area contributed by atoms with E-state index in [0.29, 0.717) is 5.75 Å². The third-order valence-corrected chi connectivity index (χ3v) is 3.98. The van der Waals surface area contributed by atoms with Gasteiger partial charge in [-0.1, -0.05) is 18.2 Å². The van der Waals surface area contributed by atoms with Gasteiger partial charge in [-0.2, -0.15) is 0 Å². The van der Waals surface area contributed by atoms with Gasteiger partial charge in [0.25, 0.3) is 0 Å². The summed E-state index contributed by atoms with van der Waals surface area (Å²) in [6.07, 6.45) is 0. The lowest BCUT2D eigenvalue weighted by Crippen LogP contribution is -2.18. The first-order valence-corrected chi connectivity index (χ1v) is 8.54. The van der Waals surface area contributed by atoms with Crippen molar-refractivity contribution in [3.8, 4) is 5.75 Å². The van der Waals surface area contributed by atoms with Gasteiger partial charge in [0.15, 0.2) is 0 Å². The molecule has 0 amide bonds. The van der Waals surface area contributed by atoms with Crippen molar-refractivity contribution in [2.24, 2.45) is 0 Å². The van der Waals surface area contributed by atoms with Gasteiger partial charge in [-0.15, -0.1) is 0 Å². The third kappa shape index (κ3) is 5.88. The molecule has 0 bridgehead atoms. The lowest BCUT2D eigenvalue weighted by molar-refractivity contribution is -0.141. The van der Waals surface area contributed by atoms with E-state index in [9.17, 15) is 13.8 Å². The molecule has 1 unspecified atom stereocenters. The molecule has 0 aliphatic carbocycles. The number of ether oxygens (including phenoxy) is 2. The molecule has 0 aliphatic heterocycles. The summed E-state index contributed by atoms with van der Waals surface area (Å²) >= 11 is 0. The first kappa shape index (κ1) is 17.7. The summed E-state index contributed by atoms with van der Waals surface area (Å²) in [6.45, 7) is 0.247. The maximum atomic E-state index is 11.8. The Balaban J connectivity index is 1.66. The Morgan fingerprint density at radius 3 is 2.50 bits per heavy atom. The van der Waals surface area contributed by atoms with Crippen molar-refractivity contribution in [1.82, 2.24) is 0 Å². The molecule has 1 N–H and O–H groups in total. The lowest BCUT2D eigenvalue weighted by atomic mass is 10.3. The first-order valence-electron chi connectivity index (χ1n) is 7.05. The van der Waals surface area contributed by atoms with Gasteiger partial charge < -0.3 is 19.0 Å². The molecule has 1 atom stereocenters. The van der Waals surface area contributed by atoms with Crippen LogP contribution >= 0.6 is 0 Å². The predicted molar refractivity (Wildman–Crippen MR) is 85.3 cm³/mol. The number of furan rings is 1. The molecule has 7 nitrogen and oxygen atoms in total. The number of hydrogen-bond acceptors (Lipinski definition) is 6. The molecule has 2 aromatic rings. The summed E-state index contributed by atoms with van der Waals surface area (Å²) in [6, 6.07) is 11.8. The predicted octanol–water partition coefficient (Wildman–Crippen LogP) is 1.85. The van der Waals surface area contributed by atoms with Crippen molar-refractivity contribution in [2.45, 2.75) is 5.75 Å². The molecule has 0 saturated carbocycles. The summed E-state index contributed by atoms with van der Waals surface area (Å²) in [5.74, 6) is -1.49. The van der Waals surface area contributed by atoms with Gasteiger partial charge in [0.05, 0.1) is 5.75 Å². The molecule has 1 aromatic heterocycles. The van der Waals surface area contributed by atoms with Crippen molar-refractivity contribution >= 4 is 22.7 Å². The van der Waals surface area contributed by atoms with Crippen LogP contribution in [-0.2, 0) is 26.1 Å². The lowest BCUT2D eigenvalue weighted by Gasteiger charge is -2.07. The van der Waals surface area contributed by atoms with Crippen molar-refractivity contribution in [2.75, 3.05) is 19.0 Å². The van der Waals surface area contributed by atoms with E-state index in [1.165, 1.54) is 12.1 Å². The Morgan fingerprint density at radius 2 is 1.83 bits per heavy atom. The van der Waals surface area contributed by atoms with Gasteiger partial charge >= 0.3 is 11.9 Å². The number of rotatable bonds is 9. The molecule has 1 heterocycles. The van der Waals surface area contributed by atoms with Crippen molar-refractivity contribution in [1.29, 1.82) is 0 Å². The molecule has 24 heavy (non-hydrogen) atoms. The number of para-hydroxylation sites is 1. The highest BCUT2D eigenvalue weighted by atomic mass is 32.2. The quantitative estimate of drug-likeness (QED) is 0.542. The van der Waals surface area contributed by atoms with Gasteiger partial charge in [-0.05, 0) is 24.3 Å². The number of hydrogen-bond donors (Lipinski definition) is 1. The summed E-state index contributed by atoms with van der Waals surface area (Å²) in [5.41, 5.74) is 0. The number of aromatic carboxylic acids is 1. The Morgan fingerprint density at radius 1 is 1.08 bits per heavy atom. The zero-order valence-electron chi connectivity index (χ0n) is 12.7. The molecule has 0 aliphatic rings. The normalized spacial score (nSPS) is 11.7. The number of carboxylic acid groups (broad SMARTS) is 1. The van der Waals surface area contributed by atoms with Crippen LogP contribution in [0.15, 0.2) is 46.9 Å². The van der Waals surface area contributed by atoms with Crippen molar-refractivity contribution in [3.63, 3.8) is 0 Å². The SMILES string of the molecule is O=C(CS(=O)Cc1ccc(C(=O)O)o1)OCCOc1ccccc1. The van der Waals surface area contributed by atoms with Gasteiger partial charge in [-0.3, -0.25) is 9.00 Å². The fourth-order valence-corrected chi connectivity index (χ4v) is 2.71. The monoisotopic (exact) mass is 352 g/mol. The smallest absolute Gasteiger partial charge is 0.371 e. The van der Waals surface area contributed by atoms with E-state index in [2.05, 4.69) is 0 Å². The van der Waals surface area contributed by atoms with Crippen LogP contribution < -0.4 is 4.74 Å². The maximum absolute atomic E-state index is 11.8. The van der Waals surface area contributed by atoms with E-state index < -0.39 is 22.7 Å². The van der Waals surface area contributed by atoms with Gasteiger partial charge in [-0.25, -0.2) is 4.79 Å². The van der Waals surface area contributed by atoms with Crippen LogP contribution in [0.25, 0.3) is 0 Å². The average molecular weight is 352 g/mol. The first-order chi connectivity index (χ1) is 11.5. The van der Waals surface area contributed by atoms with Crippen LogP contribution in [-0.4, -0.2) is 40.2 Å². The average Bonchev–Trinajstić information content (AvgIpc) is 3.01. The number of carbonyl (C=O) groups is 2. The Hall–Kier alpha value is -2.61. The van der Waals surface area contributed by atoms with Gasteiger partial charge in [0.1, 0.15) is 30.5 Å². The summed E-state index contributed by atoms with van der Waals surface area (Å²) < 4.78 is 27.1. The van der Waals surface area contributed by atoms with Crippen LogP contribution in [0.3, 0.4) is 0 Å². The minimum atomic E-state index is -1.54.